The highest BCUT2D eigenvalue weighted by Gasteiger charge is 1.98. The van der Waals surface area contributed by atoms with Gasteiger partial charge in [0.15, 0.2) is 0 Å². The molecule has 0 fully saturated rings. The van der Waals surface area contributed by atoms with E-state index in [1.807, 2.05) is 43.3 Å². The molecule has 0 aliphatic heterocycles. The number of aryl methyl sites for hydroxylation is 1. The van der Waals surface area contributed by atoms with Gasteiger partial charge in [-0.05, 0) is 36.8 Å². The number of phenolic OH excluding ortho intramolecular Hbond substituents is 1. The van der Waals surface area contributed by atoms with Gasteiger partial charge in [-0.15, -0.1) is 0 Å². The van der Waals surface area contributed by atoms with Gasteiger partial charge >= 0.3 is 0 Å². The van der Waals surface area contributed by atoms with Crippen molar-refractivity contribution in [3.63, 3.8) is 0 Å². The van der Waals surface area contributed by atoms with E-state index in [0.717, 1.165) is 16.8 Å². The Morgan fingerprint density at radius 2 is 1.95 bits per heavy atom. The van der Waals surface area contributed by atoms with Crippen LogP contribution in [0.1, 0.15) is 16.7 Å². The molecule has 3 heteroatoms. The number of aromatic hydroxyl groups is 1. The summed E-state index contributed by atoms with van der Waals surface area (Å²) in [6.45, 7) is 1.97. The van der Waals surface area contributed by atoms with Crippen LogP contribution in [0, 0.1) is 18.3 Å². The Kier molecular flexibility index (Phi) is 3.94. The van der Waals surface area contributed by atoms with Gasteiger partial charge in [-0.2, -0.15) is 5.26 Å². The van der Waals surface area contributed by atoms with Crippen LogP contribution >= 0.6 is 0 Å². The first-order valence-corrected chi connectivity index (χ1v) is 5.98. The van der Waals surface area contributed by atoms with Crippen LogP contribution < -0.4 is 0 Å². The van der Waals surface area contributed by atoms with E-state index >= 15 is 0 Å². The van der Waals surface area contributed by atoms with Crippen molar-refractivity contribution in [2.45, 2.75) is 13.3 Å². The second kappa shape index (κ2) is 5.83. The Bertz CT molecular complexity index is 637. The van der Waals surface area contributed by atoms with E-state index in [0.29, 0.717) is 12.0 Å². The van der Waals surface area contributed by atoms with Crippen LogP contribution in [-0.4, -0.2) is 11.3 Å². The summed E-state index contributed by atoms with van der Waals surface area (Å²) < 4.78 is 0. The molecule has 0 spiro atoms. The van der Waals surface area contributed by atoms with Gasteiger partial charge in [0.2, 0.25) is 0 Å². The molecular formula is C16H14N2O. The molecular weight excluding hydrogens is 236 g/mol. The predicted molar refractivity (Wildman–Crippen MR) is 75.9 cm³/mol. The van der Waals surface area contributed by atoms with Crippen LogP contribution in [0.2, 0.25) is 0 Å². The van der Waals surface area contributed by atoms with E-state index in [1.165, 1.54) is 0 Å². The number of aliphatic imine (C=N–C) groups is 1. The average Bonchev–Trinajstić information content (AvgIpc) is 2.42. The molecule has 0 aromatic heterocycles. The molecule has 0 unspecified atom stereocenters. The highest BCUT2D eigenvalue weighted by molar-refractivity contribution is 5.85. The SMILES string of the molecule is Cc1ccc(O)c(C=Nc2ccc(CC#N)cc2)c1. The Balaban J connectivity index is 2.18. The molecule has 0 saturated heterocycles. The van der Waals surface area contributed by atoms with Crippen molar-refractivity contribution in [2.75, 3.05) is 0 Å². The second-order valence-electron chi connectivity index (χ2n) is 4.32. The van der Waals surface area contributed by atoms with Gasteiger partial charge in [0.1, 0.15) is 5.75 Å². The molecule has 2 rings (SSSR count). The van der Waals surface area contributed by atoms with Crippen molar-refractivity contribution in [1.82, 2.24) is 0 Å². The maximum absolute atomic E-state index is 9.70. The lowest BCUT2D eigenvalue weighted by Crippen LogP contribution is -1.84. The smallest absolute Gasteiger partial charge is 0.124 e. The quantitative estimate of drug-likeness (QED) is 0.847. The average molecular weight is 250 g/mol. The third-order valence-corrected chi connectivity index (χ3v) is 2.76. The maximum atomic E-state index is 9.70. The summed E-state index contributed by atoms with van der Waals surface area (Å²) in [7, 11) is 0. The Hall–Kier alpha value is -2.60. The molecule has 3 nitrogen and oxygen atoms in total. The van der Waals surface area contributed by atoms with Crippen molar-refractivity contribution in [3.8, 4) is 11.8 Å². The van der Waals surface area contributed by atoms with Crippen molar-refractivity contribution in [1.29, 1.82) is 5.26 Å². The van der Waals surface area contributed by atoms with Crippen molar-refractivity contribution >= 4 is 11.9 Å². The maximum Gasteiger partial charge on any atom is 0.124 e. The fourth-order valence-electron chi connectivity index (χ4n) is 1.71. The number of rotatable bonds is 3. The first-order chi connectivity index (χ1) is 9.19. The fourth-order valence-corrected chi connectivity index (χ4v) is 1.71. The molecule has 1 N–H and O–H groups in total. The van der Waals surface area contributed by atoms with Crippen LogP contribution in [0.4, 0.5) is 5.69 Å². The third kappa shape index (κ3) is 3.43. The van der Waals surface area contributed by atoms with Crippen molar-refractivity contribution in [3.05, 3.63) is 59.2 Å². The van der Waals surface area contributed by atoms with Gasteiger partial charge in [-0.3, -0.25) is 4.99 Å². The van der Waals surface area contributed by atoms with E-state index in [-0.39, 0.29) is 5.75 Å². The summed E-state index contributed by atoms with van der Waals surface area (Å²) in [5, 5.41) is 18.3. The first kappa shape index (κ1) is 12.8. The fraction of sp³-hybridized carbons (Fsp3) is 0.125. The van der Waals surface area contributed by atoms with E-state index in [2.05, 4.69) is 11.1 Å². The summed E-state index contributed by atoms with van der Waals surface area (Å²) in [4.78, 5) is 4.31. The number of nitriles is 1. The van der Waals surface area contributed by atoms with Crippen LogP contribution in [0.3, 0.4) is 0 Å². The molecule has 94 valence electrons. The Labute approximate surface area is 112 Å². The molecule has 0 radical (unpaired) electrons. The predicted octanol–water partition coefficient (Wildman–Crippen LogP) is 3.52. The molecule has 2 aromatic rings. The second-order valence-corrected chi connectivity index (χ2v) is 4.32. The summed E-state index contributed by atoms with van der Waals surface area (Å²) in [5.41, 5.74) is 3.53. The van der Waals surface area contributed by atoms with E-state index in [4.69, 9.17) is 5.26 Å². The Morgan fingerprint density at radius 3 is 2.63 bits per heavy atom. The molecule has 0 bridgehead atoms. The third-order valence-electron chi connectivity index (χ3n) is 2.76. The number of hydrogen-bond donors (Lipinski definition) is 1. The van der Waals surface area contributed by atoms with Gasteiger partial charge < -0.3 is 5.11 Å². The standard InChI is InChI=1S/C16H14N2O/c1-12-2-7-16(19)14(10-12)11-18-15-5-3-13(4-6-15)8-9-17/h2-7,10-11,19H,8H2,1H3. The lowest BCUT2D eigenvalue weighted by atomic mass is 10.1. The van der Waals surface area contributed by atoms with Gasteiger partial charge in [0.25, 0.3) is 0 Å². The van der Waals surface area contributed by atoms with Crippen LogP contribution in [0.5, 0.6) is 5.75 Å². The zero-order chi connectivity index (χ0) is 13.7. The lowest BCUT2D eigenvalue weighted by Gasteiger charge is -2.00. The van der Waals surface area contributed by atoms with Gasteiger partial charge in [-0.25, -0.2) is 0 Å². The van der Waals surface area contributed by atoms with Crippen LogP contribution in [0.25, 0.3) is 0 Å². The first-order valence-electron chi connectivity index (χ1n) is 5.98. The molecule has 19 heavy (non-hydrogen) atoms. The molecule has 0 aliphatic rings. The molecule has 0 heterocycles. The summed E-state index contributed by atoms with van der Waals surface area (Å²) in [6.07, 6.45) is 2.05. The van der Waals surface area contributed by atoms with Crippen LogP contribution in [0.15, 0.2) is 47.5 Å². The topological polar surface area (TPSA) is 56.4 Å². The molecule has 0 aliphatic carbocycles. The number of hydrogen-bond acceptors (Lipinski definition) is 3. The van der Waals surface area contributed by atoms with Crippen molar-refractivity contribution in [2.24, 2.45) is 4.99 Å². The van der Waals surface area contributed by atoms with Crippen molar-refractivity contribution < 1.29 is 5.11 Å². The minimum atomic E-state index is 0.218. The number of nitrogens with zero attached hydrogens (tertiary/aromatic N) is 2. The summed E-state index contributed by atoms with van der Waals surface area (Å²) >= 11 is 0. The zero-order valence-corrected chi connectivity index (χ0v) is 10.7. The highest BCUT2D eigenvalue weighted by Crippen LogP contribution is 2.18. The monoisotopic (exact) mass is 250 g/mol. The normalized spacial score (nSPS) is 10.5. The van der Waals surface area contributed by atoms with E-state index < -0.39 is 0 Å². The minimum absolute atomic E-state index is 0.218. The lowest BCUT2D eigenvalue weighted by molar-refractivity contribution is 0.474. The molecule has 0 atom stereocenters. The molecule has 0 saturated carbocycles. The minimum Gasteiger partial charge on any atom is -0.507 e. The van der Waals surface area contributed by atoms with E-state index in [9.17, 15) is 5.11 Å². The highest BCUT2D eigenvalue weighted by atomic mass is 16.3. The van der Waals surface area contributed by atoms with E-state index in [1.54, 1.807) is 12.3 Å². The van der Waals surface area contributed by atoms with Gasteiger partial charge in [-0.1, -0.05) is 23.8 Å². The van der Waals surface area contributed by atoms with Crippen LogP contribution in [-0.2, 0) is 6.42 Å². The Morgan fingerprint density at radius 1 is 1.21 bits per heavy atom. The summed E-state index contributed by atoms with van der Waals surface area (Å²) in [5.74, 6) is 0.218. The number of phenols is 1. The summed E-state index contributed by atoms with van der Waals surface area (Å²) in [6, 6.07) is 15.0. The van der Waals surface area contributed by atoms with Gasteiger partial charge in [0.05, 0.1) is 18.2 Å². The molecule has 2 aromatic carbocycles. The number of benzene rings is 2. The molecule has 0 amide bonds. The zero-order valence-electron chi connectivity index (χ0n) is 10.7. The largest absolute Gasteiger partial charge is 0.507 e. The van der Waals surface area contributed by atoms with Gasteiger partial charge in [0, 0.05) is 11.8 Å².